The number of carbonyl (C=O) groups excluding carboxylic acids is 1. The van der Waals surface area contributed by atoms with Crippen molar-refractivity contribution in [2.45, 2.75) is 26.4 Å². The quantitative estimate of drug-likeness (QED) is 0.939. The van der Waals surface area contributed by atoms with Gasteiger partial charge in [0.1, 0.15) is 5.82 Å². The Hall–Kier alpha value is -1.95. The largest absolute Gasteiger partial charge is 0.331 e. The van der Waals surface area contributed by atoms with Crippen molar-refractivity contribution in [3.63, 3.8) is 0 Å². The molecule has 2 aromatic rings. The maximum atomic E-state index is 12.9. The molecule has 0 unspecified atom stereocenters. The van der Waals surface area contributed by atoms with Crippen molar-refractivity contribution >= 4 is 17.4 Å². The van der Waals surface area contributed by atoms with Crippen LogP contribution in [0.25, 0.3) is 0 Å². The molecule has 2 rings (SSSR count). The molecule has 1 aromatic heterocycles. The Labute approximate surface area is 127 Å². The summed E-state index contributed by atoms with van der Waals surface area (Å²) in [6.45, 7) is 4.27. The summed E-state index contributed by atoms with van der Waals surface area (Å²) in [5, 5.41) is 5.81. The third kappa shape index (κ3) is 4.26. The van der Waals surface area contributed by atoms with Crippen LogP contribution in [0.5, 0.6) is 0 Å². The second-order valence-electron chi connectivity index (χ2n) is 4.94. The van der Waals surface area contributed by atoms with Gasteiger partial charge in [0.05, 0.1) is 23.3 Å². The number of aromatic nitrogens is 1. The van der Waals surface area contributed by atoms with E-state index in [-0.39, 0.29) is 17.9 Å². The summed E-state index contributed by atoms with van der Waals surface area (Å²) in [5.41, 5.74) is 1.74. The van der Waals surface area contributed by atoms with Crippen LogP contribution in [0.15, 0.2) is 29.6 Å². The second-order valence-corrected chi connectivity index (χ2v) is 6.00. The Morgan fingerprint density at radius 3 is 2.67 bits per heavy atom. The number of aryl methyl sites for hydroxylation is 1. The molecule has 0 saturated heterocycles. The summed E-state index contributed by atoms with van der Waals surface area (Å²) in [4.78, 5) is 18.0. The minimum Gasteiger partial charge on any atom is -0.331 e. The van der Waals surface area contributed by atoms with Crippen LogP contribution in [0.1, 0.15) is 29.2 Å². The molecule has 0 bridgehead atoms. The first kappa shape index (κ1) is 15.4. The monoisotopic (exact) mass is 307 g/mol. The van der Waals surface area contributed by atoms with Gasteiger partial charge in [0, 0.05) is 12.4 Å². The Kier molecular flexibility index (Phi) is 4.90. The minimum absolute atomic E-state index is 0.183. The lowest BCUT2D eigenvalue weighted by molar-refractivity contribution is 0.203. The number of urea groups is 1. The third-order valence-electron chi connectivity index (χ3n) is 3.12. The number of rotatable bonds is 4. The number of carbonyl (C=O) groups is 1. The molecule has 0 spiro atoms. The highest BCUT2D eigenvalue weighted by atomic mass is 32.1. The lowest BCUT2D eigenvalue weighted by atomic mass is 10.1. The van der Waals surface area contributed by atoms with Gasteiger partial charge >= 0.3 is 6.03 Å². The predicted molar refractivity (Wildman–Crippen MR) is 81.7 cm³/mol. The van der Waals surface area contributed by atoms with E-state index in [0.717, 1.165) is 16.3 Å². The van der Waals surface area contributed by atoms with Crippen LogP contribution in [-0.4, -0.2) is 23.0 Å². The van der Waals surface area contributed by atoms with Gasteiger partial charge in [0.25, 0.3) is 0 Å². The van der Waals surface area contributed by atoms with Gasteiger partial charge in [0.15, 0.2) is 0 Å². The van der Waals surface area contributed by atoms with Gasteiger partial charge in [0.2, 0.25) is 0 Å². The van der Waals surface area contributed by atoms with Gasteiger partial charge < -0.3 is 10.2 Å². The summed E-state index contributed by atoms with van der Waals surface area (Å²) in [5.74, 6) is -0.284. The fourth-order valence-corrected chi connectivity index (χ4v) is 2.53. The molecule has 0 fully saturated rings. The van der Waals surface area contributed by atoms with Crippen LogP contribution in [0, 0.1) is 12.7 Å². The maximum Gasteiger partial charge on any atom is 0.317 e. The number of halogens is 1. The second kappa shape index (κ2) is 6.67. The van der Waals surface area contributed by atoms with Crippen LogP contribution >= 0.6 is 11.3 Å². The topological polar surface area (TPSA) is 45.2 Å². The standard InChI is InChI=1S/C15H18FN3OS/c1-10(12-4-6-13(16)7-5-12)17-15(20)19(3)8-14-9-21-11(2)18-14/h4-7,9-10H,8H2,1-3H3,(H,17,20)/t10-/m1/s1. The molecule has 0 saturated carbocycles. The summed E-state index contributed by atoms with van der Waals surface area (Å²) in [7, 11) is 1.72. The Morgan fingerprint density at radius 2 is 2.10 bits per heavy atom. The van der Waals surface area contributed by atoms with E-state index in [1.54, 1.807) is 35.4 Å². The van der Waals surface area contributed by atoms with E-state index in [4.69, 9.17) is 0 Å². The van der Waals surface area contributed by atoms with Crippen molar-refractivity contribution in [3.8, 4) is 0 Å². The van der Waals surface area contributed by atoms with Gasteiger partial charge in [-0.25, -0.2) is 14.2 Å². The molecule has 112 valence electrons. The first-order valence-electron chi connectivity index (χ1n) is 6.64. The van der Waals surface area contributed by atoms with E-state index in [0.29, 0.717) is 6.54 Å². The smallest absolute Gasteiger partial charge is 0.317 e. The molecule has 1 N–H and O–H groups in total. The highest BCUT2D eigenvalue weighted by Gasteiger charge is 2.14. The zero-order chi connectivity index (χ0) is 15.4. The van der Waals surface area contributed by atoms with Crippen molar-refractivity contribution in [1.82, 2.24) is 15.2 Å². The van der Waals surface area contributed by atoms with Crippen molar-refractivity contribution in [2.24, 2.45) is 0 Å². The molecule has 21 heavy (non-hydrogen) atoms. The third-order valence-corrected chi connectivity index (χ3v) is 3.94. The molecular formula is C15H18FN3OS. The molecule has 0 radical (unpaired) electrons. The van der Waals surface area contributed by atoms with E-state index < -0.39 is 0 Å². The number of hydrogen-bond acceptors (Lipinski definition) is 3. The predicted octanol–water partition coefficient (Wildman–Crippen LogP) is 3.49. The van der Waals surface area contributed by atoms with Gasteiger partial charge in [-0.3, -0.25) is 0 Å². The Morgan fingerprint density at radius 1 is 1.43 bits per heavy atom. The van der Waals surface area contributed by atoms with Crippen molar-refractivity contribution in [1.29, 1.82) is 0 Å². The molecule has 1 heterocycles. The van der Waals surface area contributed by atoms with E-state index in [1.807, 2.05) is 19.2 Å². The Balaban J connectivity index is 1.92. The Bertz CT molecular complexity index is 612. The number of nitrogens with one attached hydrogen (secondary N) is 1. The SMILES string of the molecule is Cc1nc(CN(C)C(=O)N[C@H](C)c2ccc(F)cc2)cs1. The molecular weight excluding hydrogens is 289 g/mol. The van der Waals surface area contributed by atoms with Gasteiger partial charge in [-0.05, 0) is 31.5 Å². The van der Waals surface area contributed by atoms with E-state index in [9.17, 15) is 9.18 Å². The molecule has 4 nitrogen and oxygen atoms in total. The summed E-state index contributed by atoms with van der Waals surface area (Å²) in [6, 6.07) is 5.75. The number of nitrogens with zero attached hydrogens (tertiary/aromatic N) is 2. The average Bonchev–Trinajstić information content (AvgIpc) is 2.84. The molecule has 0 aliphatic heterocycles. The van der Waals surface area contributed by atoms with Crippen LogP contribution in [0.3, 0.4) is 0 Å². The fraction of sp³-hybridized carbons (Fsp3) is 0.333. The lowest BCUT2D eigenvalue weighted by Gasteiger charge is -2.21. The van der Waals surface area contributed by atoms with Gasteiger partial charge in [-0.1, -0.05) is 12.1 Å². The molecule has 0 aliphatic carbocycles. The molecule has 6 heteroatoms. The van der Waals surface area contributed by atoms with Crippen LogP contribution in [0.2, 0.25) is 0 Å². The summed E-state index contributed by atoms with van der Waals surface area (Å²) in [6.07, 6.45) is 0. The zero-order valence-corrected chi connectivity index (χ0v) is 13.1. The molecule has 2 amide bonds. The maximum absolute atomic E-state index is 12.9. The van der Waals surface area contributed by atoms with Crippen LogP contribution < -0.4 is 5.32 Å². The van der Waals surface area contributed by atoms with Crippen molar-refractivity contribution < 1.29 is 9.18 Å². The normalized spacial score (nSPS) is 12.0. The highest BCUT2D eigenvalue weighted by Crippen LogP contribution is 2.14. The first-order chi connectivity index (χ1) is 9.95. The molecule has 1 aromatic carbocycles. The number of benzene rings is 1. The highest BCUT2D eigenvalue weighted by molar-refractivity contribution is 7.09. The van der Waals surface area contributed by atoms with E-state index in [2.05, 4.69) is 10.3 Å². The molecule has 1 atom stereocenters. The first-order valence-corrected chi connectivity index (χ1v) is 7.52. The van der Waals surface area contributed by atoms with E-state index >= 15 is 0 Å². The average molecular weight is 307 g/mol. The van der Waals surface area contributed by atoms with Crippen LogP contribution in [-0.2, 0) is 6.54 Å². The molecule has 0 aliphatic rings. The van der Waals surface area contributed by atoms with Gasteiger partial charge in [-0.15, -0.1) is 11.3 Å². The van der Waals surface area contributed by atoms with E-state index in [1.165, 1.54) is 12.1 Å². The zero-order valence-electron chi connectivity index (χ0n) is 12.3. The fourth-order valence-electron chi connectivity index (χ4n) is 1.93. The van der Waals surface area contributed by atoms with Gasteiger partial charge in [-0.2, -0.15) is 0 Å². The van der Waals surface area contributed by atoms with Crippen molar-refractivity contribution in [2.75, 3.05) is 7.05 Å². The summed E-state index contributed by atoms with van der Waals surface area (Å²) < 4.78 is 12.9. The van der Waals surface area contributed by atoms with Crippen molar-refractivity contribution in [3.05, 3.63) is 51.7 Å². The summed E-state index contributed by atoms with van der Waals surface area (Å²) >= 11 is 1.57. The number of thiazole rings is 1. The number of hydrogen-bond donors (Lipinski definition) is 1. The minimum atomic E-state index is -0.284. The number of amides is 2. The lowest BCUT2D eigenvalue weighted by Crippen LogP contribution is -2.38. The van der Waals surface area contributed by atoms with Crippen LogP contribution in [0.4, 0.5) is 9.18 Å².